The highest BCUT2D eigenvalue weighted by Gasteiger charge is 2.34. The molecule has 0 bridgehead atoms. The molecule has 10 heteroatoms. The van der Waals surface area contributed by atoms with Gasteiger partial charge in [0.25, 0.3) is 5.91 Å². The third kappa shape index (κ3) is 4.63. The zero-order valence-corrected chi connectivity index (χ0v) is 19.6. The Balaban J connectivity index is 1.69. The molecule has 1 atom stereocenters. The van der Waals surface area contributed by atoms with Crippen molar-refractivity contribution in [3.05, 3.63) is 35.5 Å². The summed E-state index contributed by atoms with van der Waals surface area (Å²) in [4.78, 5) is 21.5. The van der Waals surface area contributed by atoms with Crippen molar-refractivity contribution in [2.75, 3.05) is 49.9 Å². The maximum atomic E-state index is 14.2. The van der Waals surface area contributed by atoms with Gasteiger partial charge in [-0.2, -0.15) is 5.26 Å². The molecule has 0 N–H and O–H groups in total. The van der Waals surface area contributed by atoms with E-state index in [4.69, 9.17) is 0 Å². The van der Waals surface area contributed by atoms with Gasteiger partial charge in [-0.1, -0.05) is 0 Å². The van der Waals surface area contributed by atoms with Crippen LogP contribution in [0.2, 0.25) is 0 Å². The van der Waals surface area contributed by atoms with Gasteiger partial charge in [-0.05, 0) is 32.8 Å². The largest absolute Gasteiger partial charge is 0.598 e. The summed E-state index contributed by atoms with van der Waals surface area (Å²) in [6, 6.07) is 4.51. The fraction of sp³-hybridized carbons (Fsp3) is 0.522. The van der Waals surface area contributed by atoms with Crippen LogP contribution >= 0.6 is 0 Å². The van der Waals surface area contributed by atoms with E-state index in [1.807, 2.05) is 23.1 Å². The molecule has 176 valence electrons. The number of benzene rings is 1. The number of anilines is 1. The maximum Gasteiger partial charge on any atom is 0.257 e. The first kappa shape index (κ1) is 23.7. The molecule has 3 heterocycles. The topological polar surface area (TPSA) is 86.5 Å². The smallest absolute Gasteiger partial charge is 0.257 e. The van der Waals surface area contributed by atoms with Gasteiger partial charge in [0.15, 0.2) is 11.6 Å². The summed E-state index contributed by atoms with van der Waals surface area (Å²) in [6.07, 6.45) is 2.64. The molecule has 2 aliphatic heterocycles. The standard InChI is InChI=1S/C23H27F2N5O2S/c1-3-33(32)30-10-8-29(9-11-30)22(31)17-14-27-20-13-19(25)18(24)12-16(20)21(17)28-6-4-23(2,15-26)5-7-28/h12-14H,3-11H2,1-2H3. The Morgan fingerprint density at radius 3 is 2.42 bits per heavy atom. The Hall–Kier alpha value is -2.48. The SMILES string of the molecule is CC[S+]([O-])N1CCN(C(=O)c2cnc3cc(F)c(F)cc3c2N2CCC(C)(C#N)CC2)CC1. The van der Waals surface area contributed by atoms with Crippen molar-refractivity contribution in [3.63, 3.8) is 0 Å². The third-order valence-corrected chi connectivity index (χ3v) is 8.06. The van der Waals surface area contributed by atoms with Gasteiger partial charge >= 0.3 is 0 Å². The summed E-state index contributed by atoms with van der Waals surface area (Å²) in [5.74, 6) is -1.69. The van der Waals surface area contributed by atoms with E-state index in [0.29, 0.717) is 74.5 Å². The predicted molar refractivity (Wildman–Crippen MR) is 123 cm³/mol. The van der Waals surface area contributed by atoms with Crippen molar-refractivity contribution >= 4 is 33.9 Å². The first-order valence-electron chi connectivity index (χ1n) is 11.1. The van der Waals surface area contributed by atoms with E-state index in [2.05, 4.69) is 11.1 Å². The lowest BCUT2D eigenvalue weighted by molar-refractivity contribution is 0.0698. The number of hydrogen-bond acceptors (Lipinski definition) is 6. The summed E-state index contributed by atoms with van der Waals surface area (Å²) >= 11 is -1.06. The van der Waals surface area contributed by atoms with E-state index < -0.39 is 28.4 Å². The lowest BCUT2D eigenvalue weighted by Crippen LogP contribution is -2.51. The van der Waals surface area contributed by atoms with E-state index in [1.54, 1.807) is 4.90 Å². The molecule has 4 rings (SSSR count). The van der Waals surface area contributed by atoms with Crippen LogP contribution in [-0.4, -0.2) is 69.7 Å². The minimum Gasteiger partial charge on any atom is -0.598 e. The van der Waals surface area contributed by atoms with Crippen LogP contribution in [0.4, 0.5) is 14.5 Å². The molecule has 1 aromatic carbocycles. The number of piperidine rings is 1. The fourth-order valence-electron chi connectivity index (χ4n) is 4.45. The van der Waals surface area contributed by atoms with Crippen LogP contribution in [-0.2, 0) is 11.4 Å². The van der Waals surface area contributed by atoms with Crippen LogP contribution in [0.25, 0.3) is 10.9 Å². The van der Waals surface area contributed by atoms with E-state index in [1.165, 1.54) is 6.20 Å². The third-order valence-electron chi connectivity index (χ3n) is 6.63. The molecule has 1 amide bonds. The number of pyridine rings is 1. The molecule has 0 saturated carbocycles. The average Bonchev–Trinajstić information content (AvgIpc) is 2.84. The minimum atomic E-state index is -1.06. The van der Waals surface area contributed by atoms with Gasteiger partial charge in [0.05, 0.1) is 41.3 Å². The first-order valence-corrected chi connectivity index (χ1v) is 12.4. The second kappa shape index (κ2) is 9.41. The molecular weight excluding hydrogens is 448 g/mol. The molecule has 1 unspecified atom stereocenters. The lowest BCUT2D eigenvalue weighted by Gasteiger charge is -2.38. The quantitative estimate of drug-likeness (QED) is 0.632. The highest BCUT2D eigenvalue weighted by Crippen LogP contribution is 2.37. The number of carbonyl (C=O) groups is 1. The summed E-state index contributed by atoms with van der Waals surface area (Å²) in [5.41, 5.74) is 0.686. The summed E-state index contributed by atoms with van der Waals surface area (Å²) < 4.78 is 42.0. The number of halogens is 2. The van der Waals surface area contributed by atoms with Crippen molar-refractivity contribution in [3.8, 4) is 6.07 Å². The number of aromatic nitrogens is 1. The number of piperazine rings is 1. The van der Waals surface area contributed by atoms with E-state index >= 15 is 0 Å². The van der Waals surface area contributed by atoms with Crippen molar-refractivity contribution < 1.29 is 18.1 Å². The van der Waals surface area contributed by atoms with Crippen molar-refractivity contribution in [1.82, 2.24) is 14.2 Å². The lowest BCUT2D eigenvalue weighted by atomic mass is 9.81. The van der Waals surface area contributed by atoms with Crippen molar-refractivity contribution in [2.45, 2.75) is 26.7 Å². The Labute approximate surface area is 195 Å². The van der Waals surface area contributed by atoms with E-state index in [-0.39, 0.29) is 11.4 Å². The van der Waals surface area contributed by atoms with Crippen LogP contribution in [0, 0.1) is 28.4 Å². The number of carbonyl (C=O) groups excluding carboxylic acids is 1. The first-order chi connectivity index (χ1) is 15.8. The summed E-state index contributed by atoms with van der Waals surface area (Å²) in [7, 11) is 0. The van der Waals surface area contributed by atoms with Gasteiger partial charge in [-0.3, -0.25) is 9.78 Å². The molecule has 33 heavy (non-hydrogen) atoms. The van der Waals surface area contributed by atoms with Gasteiger partial charge in [0.1, 0.15) is 5.75 Å². The van der Waals surface area contributed by atoms with Crippen LogP contribution in [0.3, 0.4) is 0 Å². The highest BCUT2D eigenvalue weighted by molar-refractivity contribution is 7.89. The van der Waals surface area contributed by atoms with Gasteiger partial charge < -0.3 is 14.4 Å². The summed E-state index contributed by atoms with van der Waals surface area (Å²) in [5, 5.41) is 9.86. The molecule has 2 aliphatic rings. The second-order valence-electron chi connectivity index (χ2n) is 8.79. The molecule has 7 nitrogen and oxygen atoms in total. The van der Waals surface area contributed by atoms with Crippen LogP contribution in [0.1, 0.15) is 37.0 Å². The zero-order valence-electron chi connectivity index (χ0n) is 18.8. The maximum absolute atomic E-state index is 14.2. The molecule has 0 spiro atoms. The number of rotatable bonds is 4. The van der Waals surface area contributed by atoms with E-state index in [0.717, 1.165) is 12.1 Å². The monoisotopic (exact) mass is 475 g/mol. The van der Waals surface area contributed by atoms with E-state index in [9.17, 15) is 23.4 Å². The summed E-state index contributed by atoms with van der Waals surface area (Å²) in [6.45, 7) is 6.67. The molecular formula is C23H27F2N5O2S. The van der Waals surface area contributed by atoms with Crippen LogP contribution < -0.4 is 4.90 Å². The fourth-order valence-corrected chi connectivity index (χ4v) is 5.39. The number of amides is 1. The average molecular weight is 476 g/mol. The molecule has 1 aromatic heterocycles. The number of nitrogens with zero attached hydrogens (tertiary/aromatic N) is 5. The molecule has 2 fully saturated rings. The van der Waals surface area contributed by atoms with Gasteiger partial charge in [-0.25, -0.2) is 8.78 Å². The Kier molecular flexibility index (Phi) is 6.75. The predicted octanol–water partition coefficient (Wildman–Crippen LogP) is 3.08. The Morgan fingerprint density at radius 1 is 1.18 bits per heavy atom. The van der Waals surface area contributed by atoms with Crippen molar-refractivity contribution in [2.24, 2.45) is 5.41 Å². The second-order valence-corrected chi connectivity index (χ2v) is 10.5. The van der Waals surface area contributed by atoms with Crippen molar-refractivity contribution in [1.29, 1.82) is 5.26 Å². The number of fused-ring (bicyclic) bond motifs is 1. The molecule has 0 radical (unpaired) electrons. The van der Waals surface area contributed by atoms with Gasteiger partial charge in [0.2, 0.25) is 0 Å². The molecule has 2 aromatic rings. The Bertz CT molecular complexity index is 1090. The van der Waals surface area contributed by atoms with Crippen LogP contribution in [0.5, 0.6) is 0 Å². The van der Waals surface area contributed by atoms with Gasteiger partial charge in [0, 0.05) is 55.2 Å². The van der Waals surface area contributed by atoms with Gasteiger partial charge in [-0.15, -0.1) is 4.31 Å². The van der Waals surface area contributed by atoms with Crippen LogP contribution in [0.15, 0.2) is 18.3 Å². The number of hydrogen-bond donors (Lipinski definition) is 0. The zero-order chi connectivity index (χ0) is 23.8. The normalized spacial score (nSPS) is 20.0. The Morgan fingerprint density at radius 2 is 1.82 bits per heavy atom. The highest BCUT2D eigenvalue weighted by atomic mass is 32.2. The minimum absolute atomic E-state index is 0.236. The number of nitriles is 1. The molecule has 0 aliphatic carbocycles. The molecule has 2 saturated heterocycles.